The summed E-state index contributed by atoms with van der Waals surface area (Å²) in [6, 6.07) is 28.2. The number of carbonyl (C=O) groups is 1. The molecule has 0 radical (unpaired) electrons. The van der Waals surface area contributed by atoms with Gasteiger partial charge in [0.2, 0.25) is 0 Å². The standard InChI is InChI=1S/C29H33NO3/c1-22(20-25(24-14-10-7-11-15-24)21-23-12-8-6-9-13-23)30(28(31)33-29(2,3)4)26-16-18-27(32-5)19-17-26/h6-20,25H,21H2,1-5H3/b22-20-/t25-/m1/s1. The first-order valence-electron chi connectivity index (χ1n) is 11.2. The minimum Gasteiger partial charge on any atom is -0.497 e. The summed E-state index contributed by atoms with van der Waals surface area (Å²) in [5.74, 6) is 0.826. The summed E-state index contributed by atoms with van der Waals surface area (Å²) >= 11 is 0. The Morgan fingerprint density at radius 2 is 1.48 bits per heavy atom. The van der Waals surface area contributed by atoms with Crippen molar-refractivity contribution in [2.75, 3.05) is 12.0 Å². The van der Waals surface area contributed by atoms with Gasteiger partial charge in [-0.3, -0.25) is 4.90 Å². The first-order chi connectivity index (χ1) is 15.8. The highest BCUT2D eigenvalue weighted by atomic mass is 16.6. The molecule has 4 nitrogen and oxygen atoms in total. The van der Waals surface area contributed by atoms with E-state index in [0.29, 0.717) is 0 Å². The molecule has 3 rings (SSSR count). The number of methoxy groups -OCH3 is 1. The zero-order valence-corrected chi connectivity index (χ0v) is 20.1. The molecule has 0 bridgehead atoms. The van der Waals surface area contributed by atoms with Crippen LogP contribution in [-0.2, 0) is 11.2 Å². The first-order valence-corrected chi connectivity index (χ1v) is 11.2. The van der Waals surface area contributed by atoms with Crippen LogP contribution in [0.3, 0.4) is 0 Å². The number of rotatable bonds is 7. The molecule has 0 aliphatic rings. The van der Waals surface area contributed by atoms with Crippen LogP contribution in [-0.4, -0.2) is 18.8 Å². The highest BCUT2D eigenvalue weighted by Gasteiger charge is 2.25. The highest BCUT2D eigenvalue weighted by Crippen LogP contribution is 2.29. The summed E-state index contributed by atoms with van der Waals surface area (Å²) in [7, 11) is 1.62. The largest absolute Gasteiger partial charge is 0.497 e. The zero-order valence-electron chi connectivity index (χ0n) is 20.1. The molecule has 33 heavy (non-hydrogen) atoms. The van der Waals surface area contributed by atoms with Gasteiger partial charge in [-0.1, -0.05) is 66.7 Å². The maximum Gasteiger partial charge on any atom is 0.419 e. The summed E-state index contributed by atoms with van der Waals surface area (Å²) in [5.41, 5.74) is 3.36. The van der Waals surface area contributed by atoms with E-state index in [0.717, 1.165) is 23.6 Å². The Balaban J connectivity index is 2.01. The van der Waals surface area contributed by atoms with Crippen LogP contribution in [0.5, 0.6) is 5.75 Å². The summed E-state index contributed by atoms with van der Waals surface area (Å²) in [4.78, 5) is 14.9. The third-order valence-electron chi connectivity index (χ3n) is 5.23. The molecular formula is C29H33NO3. The second kappa shape index (κ2) is 10.9. The molecule has 0 fully saturated rings. The van der Waals surface area contributed by atoms with E-state index in [4.69, 9.17) is 9.47 Å². The number of amides is 1. The van der Waals surface area contributed by atoms with E-state index in [-0.39, 0.29) is 5.92 Å². The van der Waals surface area contributed by atoms with Gasteiger partial charge in [0, 0.05) is 11.6 Å². The molecule has 1 amide bonds. The van der Waals surface area contributed by atoms with Gasteiger partial charge in [0.25, 0.3) is 0 Å². The smallest absolute Gasteiger partial charge is 0.419 e. The maximum atomic E-state index is 13.3. The third-order valence-corrected chi connectivity index (χ3v) is 5.23. The number of hydrogen-bond acceptors (Lipinski definition) is 3. The molecule has 0 saturated carbocycles. The van der Waals surface area contributed by atoms with Crippen molar-refractivity contribution < 1.29 is 14.3 Å². The lowest BCUT2D eigenvalue weighted by Crippen LogP contribution is -2.36. The molecule has 3 aromatic rings. The molecule has 0 spiro atoms. The molecule has 0 aromatic heterocycles. The number of nitrogens with zero attached hydrogens (tertiary/aromatic N) is 1. The highest BCUT2D eigenvalue weighted by molar-refractivity contribution is 5.91. The van der Waals surface area contributed by atoms with Crippen LogP contribution < -0.4 is 9.64 Å². The van der Waals surface area contributed by atoms with Crippen molar-refractivity contribution in [3.8, 4) is 5.75 Å². The molecule has 0 heterocycles. The van der Waals surface area contributed by atoms with Gasteiger partial charge in [-0.15, -0.1) is 0 Å². The number of anilines is 1. The fraction of sp³-hybridized carbons (Fsp3) is 0.276. The van der Waals surface area contributed by atoms with Crippen LogP contribution in [0.2, 0.25) is 0 Å². The Kier molecular flexibility index (Phi) is 7.94. The molecule has 1 atom stereocenters. The van der Waals surface area contributed by atoms with Crippen molar-refractivity contribution in [3.05, 3.63) is 108 Å². The lowest BCUT2D eigenvalue weighted by Gasteiger charge is -2.29. The molecule has 0 N–H and O–H groups in total. The van der Waals surface area contributed by atoms with Crippen molar-refractivity contribution in [1.82, 2.24) is 0 Å². The molecule has 0 aliphatic heterocycles. The van der Waals surface area contributed by atoms with Gasteiger partial charge in [0.15, 0.2) is 0 Å². The predicted molar refractivity (Wildman–Crippen MR) is 135 cm³/mol. The van der Waals surface area contributed by atoms with E-state index in [1.807, 2.05) is 76.2 Å². The Morgan fingerprint density at radius 1 is 0.909 bits per heavy atom. The average Bonchev–Trinajstić information content (AvgIpc) is 2.79. The summed E-state index contributed by atoms with van der Waals surface area (Å²) in [6.07, 6.45) is 2.57. The lowest BCUT2D eigenvalue weighted by molar-refractivity contribution is 0.0592. The van der Waals surface area contributed by atoms with Gasteiger partial charge < -0.3 is 9.47 Å². The Labute approximate surface area is 197 Å². The number of carbonyl (C=O) groups excluding carboxylic acids is 1. The quantitative estimate of drug-likeness (QED) is 0.383. The van der Waals surface area contributed by atoms with Crippen molar-refractivity contribution in [2.24, 2.45) is 0 Å². The Morgan fingerprint density at radius 3 is 2.03 bits per heavy atom. The number of benzene rings is 3. The Hall–Kier alpha value is -3.53. The van der Waals surface area contributed by atoms with E-state index in [1.165, 1.54) is 11.1 Å². The van der Waals surface area contributed by atoms with Crippen LogP contribution >= 0.6 is 0 Å². The third kappa shape index (κ3) is 6.98. The maximum absolute atomic E-state index is 13.3. The monoisotopic (exact) mass is 443 g/mol. The van der Waals surface area contributed by atoms with E-state index in [2.05, 4.69) is 42.5 Å². The van der Waals surface area contributed by atoms with Crippen molar-refractivity contribution in [3.63, 3.8) is 0 Å². The average molecular weight is 444 g/mol. The second-order valence-electron chi connectivity index (χ2n) is 9.03. The van der Waals surface area contributed by atoms with Crippen molar-refractivity contribution in [2.45, 2.75) is 45.6 Å². The van der Waals surface area contributed by atoms with Gasteiger partial charge in [0.05, 0.1) is 12.8 Å². The summed E-state index contributed by atoms with van der Waals surface area (Å²) in [6.45, 7) is 7.57. The minimum atomic E-state index is -0.606. The molecule has 3 aromatic carbocycles. The number of hydrogen-bond donors (Lipinski definition) is 0. The molecule has 0 aliphatic carbocycles. The fourth-order valence-corrected chi connectivity index (χ4v) is 3.70. The van der Waals surface area contributed by atoms with Gasteiger partial charge in [-0.2, -0.15) is 0 Å². The van der Waals surface area contributed by atoms with Gasteiger partial charge in [0.1, 0.15) is 11.4 Å². The molecule has 4 heteroatoms. The van der Waals surface area contributed by atoms with Crippen LogP contribution in [0, 0.1) is 0 Å². The van der Waals surface area contributed by atoms with E-state index < -0.39 is 11.7 Å². The first kappa shape index (κ1) is 24.1. The van der Waals surface area contributed by atoms with E-state index >= 15 is 0 Å². The number of allylic oxidation sites excluding steroid dienone is 2. The Bertz CT molecular complexity index is 1050. The van der Waals surface area contributed by atoms with Gasteiger partial charge in [-0.05, 0) is 69.5 Å². The minimum absolute atomic E-state index is 0.0942. The van der Waals surface area contributed by atoms with Gasteiger partial charge >= 0.3 is 6.09 Å². The molecule has 0 unspecified atom stereocenters. The van der Waals surface area contributed by atoms with Crippen molar-refractivity contribution in [1.29, 1.82) is 0 Å². The summed E-state index contributed by atoms with van der Waals surface area (Å²) in [5, 5.41) is 0. The predicted octanol–water partition coefficient (Wildman–Crippen LogP) is 7.37. The molecule has 0 saturated heterocycles. The van der Waals surface area contributed by atoms with Crippen molar-refractivity contribution >= 4 is 11.8 Å². The zero-order chi connectivity index (χ0) is 23.8. The molecule has 172 valence electrons. The topological polar surface area (TPSA) is 38.8 Å². The van der Waals surface area contributed by atoms with Crippen LogP contribution in [0.4, 0.5) is 10.5 Å². The summed E-state index contributed by atoms with van der Waals surface area (Å²) < 4.78 is 11.0. The second-order valence-corrected chi connectivity index (χ2v) is 9.03. The van der Waals surface area contributed by atoms with Crippen LogP contribution in [0.15, 0.2) is 96.7 Å². The molecular weight excluding hydrogens is 410 g/mol. The SMILES string of the molecule is COc1ccc(N(C(=O)OC(C)(C)C)/C(C)=C\[C@H](Cc2ccccc2)c2ccccc2)cc1. The van der Waals surface area contributed by atoms with E-state index in [9.17, 15) is 4.79 Å². The lowest BCUT2D eigenvalue weighted by atomic mass is 9.91. The normalized spacial score (nSPS) is 12.7. The van der Waals surface area contributed by atoms with Crippen LogP contribution in [0.25, 0.3) is 0 Å². The van der Waals surface area contributed by atoms with Gasteiger partial charge in [-0.25, -0.2) is 4.79 Å². The van der Waals surface area contributed by atoms with Crippen LogP contribution in [0.1, 0.15) is 44.7 Å². The fourth-order valence-electron chi connectivity index (χ4n) is 3.70. The number of ether oxygens (including phenoxy) is 2. The van der Waals surface area contributed by atoms with E-state index in [1.54, 1.807) is 12.0 Å².